The van der Waals surface area contributed by atoms with E-state index in [0.717, 1.165) is 30.2 Å². The topological polar surface area (TPSA) is 6.48 Å². The summed E-state index contributed by atoms with van der Waals surface area (Å²) in [6.07, 6.45) is 2.86. The molecule has 12 heavy (non-hydrogen) atoms. The number of hydrogen-bond acceptors (Lipinski definition) is 2. The standard InChI is InChI=1S/C10H18N2/c1-6(2)12-9-4-7(9)11(3)8-5-10(8)12/h6-10H,4-5H2,1-3H3. The Balaban J connectivity index is 1.82. The Labute approximate surface area is 74.5 Å². The first-order valence-corrected chi connectivity index (χ1v) is 5.19. The van der Waals surface area contributed by atoms with Gasteiger partial charge in [0.15, 0.2) is 0 Å². The Morgan fingerprint density at radius 1 is 1.00 bits per heavy atom. The highest BCUT2D eigenvalue weighted by Gasteiger charge is 2.61. The van der Waals surface area contributed by atoms with Crippen LogP contribution in [-0.2, 0) is 0 Å². The monoisotopic (exact) mass is 166 g/mol. The van der Waals surface area contributed by atoms with E-state index in [0.29, 0.717) is 0 Å². The maximum absolute atomic E-state index is 2.76. The minimum atomic E-state index is 0.767. The van der Waals surface area contributed by atoms with Crippen molar-refractivity contribution in [1.29, 1.82) is 0 Å². The second-order valence-electron chi connectivity index (χ2n) is 4.95. The lowest BCUT2D eigenvalue weighted by Gasteiger charge is -2.34. The highest BCUT2D eigenvalue weighted by Crippen LogP contribution is 2.50. The molecule has 2 nitrogen and oxygen atoms in total. The van der Waals surface area contributed by atoms with Crippen LogP contribution in [0.4, 0.5) is 0 Å². The SMILES string of the molecule is CC(C)N1C2CC2N(C)C2CC21. The molecule has 1 heterocycles. The van der Waals surface area contributed by atoms with Crippen LogP contribution in [0.2, 0.25) is 0 Å². The van der Waals surface area contributed by atoms with E-state index in [-0.39, 0.29) is 0 Å². The van der Waals surface area contributed by atoms with Gasteiger partial charge in [0.1, 0.15) is 0 Å². The molecule has 0 bridgehead atoms. The van der Waals surface area contributed by atoms with Crippen molar-refractivity contribution in [3.05, 3.63) is 0 Å². The molecule has 0 N–H and O–H groups in total. The lowest BCUT2D eigenvalue weighted by Crippen LogP contribution is -2.47. The van der Waals surface area contributed by atoms with Crippen molar-refractivity contribution in [3.63, 3.8) is 0 Å². The Hall–Kier alpha value is -0.0800. The van der Waals surface area contributed by atoms with Crippen LogP contribution in [0.25, 0.3) is 0 Å². The van der Waals surface area contributed by atoms with Gasteiger partial charge in [-0.2, -0.15) is 0 Å². The van der Waals surface area contributed by atoms with E-state index >= 15 is 0 Å². The molecule has 3 fully saturated rings. The molecule has 2 aliphatic carbocycles. The van der Waals surface area contributed by atoms with Crippen LogP contribution < -0.4 is 0 Å². The lowest BCUT2D eigenvalue weighted by atomic mass is 10.2. The molecule has 2 heteroatoms. The molecular formula is C10H18N2. The summed E-state index contributed by atoms with van der Waals surface area (Å²) in [4.78, 5) is 5.38. The van der Waals surface area contributed by atoms with Crippen LogP contribution in [0.3, 0.4) is 0 Å². The van der Waals surface area contributed by atoms with E-state index < -0.39 is 0 Å². The molecule has 0 spiro atoms. The molecule has 1 aliphatic heterocycles. The van der Waals surface area contributed by atoms with Gasteiger partial charge in [-0.1, -0.05) is 0 Å². The fourth-order valence-electron chi connectivity index (χ4n) is 3.11. The number of piperazine rings is 1. The highest BCUT2D eigenvalue weighted by molar-refractivity contribution is 5.19. The molecule has 0 radical (unpaired) electrons. The summed E-state index contributed by atoms with van der Waals surface area (Å²) in [5.41, 5.74) is 0. The van der Waals surface area contributed by atoms with E-state index in [9.17, 15) is 0 Å². The zero-order chi connectivity index (χ0) is 8.46. The molecule has 0 aromatic heterocycles. The molecule has 0 aromatic carbocycles. The Morgan fingerprint density at radius 3 is 1.92 bits per heavy atom. The maximum Gasteiger partial charge on any atom is 0.0273 e. The van der Waals surface area contributed by atoms with E-state index in [1.54, 1.807) is 0 Å². The van der Waals surface area contributed by atoms with Gasteiger partial charge >= 0.3 is 0 Å². The third-order valence-corrected chi connectivity index (χ3v) is 3.86. The average molecular weight is 166 g/mol. The predicted octanol–water partition coefficient (Wildman–Crippen LogP) is 0.924. The molecule has 4 unspecified atom stereocenters. The van der Waals surface area contributed by atoms with E-state index in [2.05, 4.69) is 30.7 Å². The van der Waals surface area contributed by atoms with Gasteiger partial charge in [0, 0.05) is 30.2 Å². The van der Waals surface area contributed by atoms with Crippen LogP contribution in [0, 0.1) is 0 Å². The molecule has 4 atom stereocenters. The minimum absolute atomic E-state index is 0.767. The van der Waals surface area contributed by atoms with Gasteiger partial charge in [-0.15, -0.1) is 0 Å². The van der Waals surface area contributed by atoms with Crippen molar-refractivity contribution in [1.82, 2.24) is 9.80 Å². The number of fused-ring (bicyclic) bond motifs is 2. The van der Waals surface area contributed by atoms with Gasteiger partial charge in [-0.25, -0.2) is 0 Å². The van der Waals surface area contributed by atoms with Crippen LogP contribution in [0.5, 0.6) is 0 Å². The molecule has 68 valence electrons. The van der Waals surface area contributed by atoms with E-state index in [1.165, 1.54) is 12.8 Å². The summed E-state index contributed by atoms with van der Waals surface area (Å²) in [5, 5.41) is 0. The van der Waals surface area contributed by atoms with Gasteiger partial charge in [0.05, 0.1) is 0 Å². The van der Waals surface area contributed by atoms with Crippen molar-refractivity contribution < 1.29 is 0 Å². The molecule has 1 saturated heterocycles. The maximum atomic E-state index is 2.76. The lowest BCUT2D eigenvalue weighted by molar-refractivity contribution is 0.116. The fourth-order valence-corrected chi connectivity index (χ4v) is 3.11. The summed E-state index contributed by atoms with van der Waals surface area (Å²) in [6, 6.07) is 4.42. The number of hydrogen-bond donors (Lipinski definition) is 0. The molecule has 0 aromatic rings. The van der Waals surface area contributed by atoms with E-state index in [1.807, 2.05) is 0 Å². The second kappa shape index (κ2) is 2.05. The van der Waals surface area contributed by atoms with Gasteiger partial charge in [0.25, 0.3) is 0 Å². The second-order valence-corrected chi connectivity index (χ2v) is 4.95. The van der Waals surface area contributed by atoms with Crippen molar-refractivity contribution in [3.8, 4) is 0 Å². The quantitative estimate of drug-likeness (QED) is 0.571. The summed E-state index contributed by atoms with van der Waals surface area (Å²) in [6.45, 7) is 4.69. The van der Waals surface area contributed by atoms with Crippen molar-refractivity contribution in [2.24, 2.45) is 0 Å². The van der Waals surface area contributed by atoms with E-state index in [4.69, 9.17) is 0 Å². The number of nitrogens with zero attached hydrogens (tertiary/aromatic N) is 2. The first-order valence-electron chi connectivity index (χ1n) is 5.19. The normalized spacial score (nSPS) is 52.0. The fraction of sp³-hybridized carbons (Fsp3) is 1.00. The van der Waals surface area contributed by atoms with Crippen LogP contribution in [0.15, 0.2) is 0 Å². The number of rotatable bonds is 1. The first kappa shape index (κ1) is 7.34. The van der Waals surface area contributed by atoms with Crippen molar-refractivity contribution in [2.45, 2.75) is 56.9 Å². The molecule has 3 rings (SSSR count). The van der Waals surface area contributed by atoms with Gasteiger partial charge < -0.3 is 0 Å². The summed E-state index contributed by atoms with van der Waals surface area (Å²) < 4.78 is 0. The Kier molecular flexibility index (Phi) is 1.25. The Morgan fingerprint density at radius 2 is 1.50 bits per heavy atom. The summed E-state index contributed by atoms with van der Waals surface area (Å²) >= 11 is 0. The first-order chi connectivity index (χ1) is 5.70. The van der Waals surface area contributed by atoms with Crippen LogP contribution in [-0.4, -0.2) is 47.1 Å². The van der Waals surface area contributed by atoms with Gasteiger partial charge in [-0.3, -0.25) is 9.80 Å². The molecule has 0 amide bonds. The third kappa shape index (κ3) is 0.775. The molecule has 2 saturated carbocycles. The van der Waals surface area contributed by atoms with Crippen LogP contribution >= 0.6 is 0 Å². The summed E-state index contributed by atoms with van der Waals surface area (Å²) in [7, 11) is 2.31. The zero-order valence-corrected chi connectivity index (χ0v) is 8.20. The largest absolute Gasteiger partial charge is 0.297 e. The molecule has 3 aliphatic rings. The van der Waals surface area contributed by atoms with Crippen LogP contribution in [0.1, 0.15) is 26.7 Å². The van der Waals surface area contributed by atoms with Gasteiger partial charge in [0.2, 0.25) is 0 Å². The minimum Gasteiger partial charge on any atom is -0.297 e. The molecular weight excluding hydrogens is 148 g/mol. The van der Waals surface area contributed by atoms with Gasteiger partial charge in [-0.05, 0) is 33.7 Å². The van der Waals surface area contributed by atoms with Crippen molar-refractivity contribution in [2.75, 3.05) is 7.05 Å². The average Bonchev–Trinajstić information content (AvgIpc) is 2.73. The number of likely N-dealkylation sites (N-methyl/N-ethyl adjacent to an activating group) is 1. The van der Waals surface area contributed by atoms with Crippen molar-refractivity contribution >= 4 is 0 Å². The summed E-state index contributed by atoms with van der Waals surface area (Å²) in [5.74, 6) is 0. The Bertz CT molecular complexity index is 196. The smallest absolute Gasteiger partial charge is 0.0273 e. The zero-order valence-electron chi connectivity index (χ0n) is 8.20. The third-order valence-electron chi connectivity index (χ3n) is 3.86. The highest BCUT2D eigenvalue weighted by atomic mass is 15.4. The predicted molar refractivity (Wildman–Crippen MR) is 49.1 cm³/mol.